The van der Waals surface area contributed by atoms with Crippen LogP contribution in [0.2, 0.25) is 5.02 Å². The molecule has 1 aliphatic rings. The number of benzene rings is 3. The molecule has 3 heterocycles. The summed E-state index contributed by atoms with van der Waals surface area (Å²) in [6, 6.07) is 24.8. The Morgan fingerprint density at radius 3 is 2.52 bits per heavy atom. The number of anilines is 1. The average molecular weight is 641 g/mol. The molecule has 6 rings (SSSR count). The van der Waals surface area contributed by atoms with Gasteiger partial charge in [0, 0.05) is 28.7 Å². The molecular formula is C33H25ClN4O4S2. The summed E-state index contributed by atoms with van der Waals surface area (Å²) in [6.45, 7) is 2.41. The first-order valence-electron chi connectivity index (χ1n) is 13.6. The van der Waals surface area contributed by atoms with Gasteiger partial charge in [0.15, 0.2) is 4.34 Å². The Balaban J connectivity index is 1.27. The summed E-state index contributed by atoms with van der Waals surface area (Å²) in [6.07, 6.45) is 3.16. The fourth-order valence-corrected chi connectivity index (χ4v) is 6.75. The molecule has 2 aromatic heterocycles. The molecule has 1 aliphatic heterocycles. The summed E-state index contributed by atoms with van der Waals surface area (Å²) in [7, 11) is 0. The van der Waals surface area contributed by atoms with E-state index in [4.69, 9.17) is 16.3 Å². The van der Waals surface area contributed by atoms with Crippen molar-refractivity contribution >= 4 is 57.3 Å². The molecule has 11 heteroatoms. The second-order valence-corrected chi connectivity index (χ2v) is 12.6. The highest BCUT2D eigenvalue weighted by atomic mass is 35.5. The first kappa shape index (κ1) is 29.6. The van der Waals surface area contributed by atoms with E-state index in [1.54, 1.807) is 48.8 Å². The number of rotatable bonds is 9. The Labute approximate surface area is 267 Å². The summed E-state index contributed by atoms with van der Waals surface area (Å²) in [5.41, 5.74) is 4.11. The molecular weight excluding hydrogens is 616 g/mol. The van der Waals surface area contributed by atoms with Crippen molar-refractivity contribution in [1.82, 2.24) is 15.2 Å². The Morgan fingerprint density at radius 2 is 1.80 bits per heavy atom. The van der Waals surface area contributed by atoms with E-state index < -0.39 is 17.7 Å². The van der Waals surface area contributed by atoms with Crippen molar-refractivity contribution in [3.05, 3.63) is 136 Å². The van der Waals surface area contributed by atoms with Gasteiger partial charge < -0.3 is 9.84 Å². The highest BCUT2D eigenvalue weighted by Gasteiger charge is 2.48. The van der Waals surface area contributed by atoms with Crippen molar-refractivity contribution in [2.24, 2.45) is 0 Å². The Morgan fingerprint density at radius 1 is 1.00 bits per heavy atom. The minimum atomic E-state index is -0.942. The molecule has 8 nitrogen and oxygen atoms in total. The van der Waals surface area contributed by atoms with Gasteiger partial charge in [-0.25, -0.2) is 0 Å². The SMILES string of the molecule is Cc1cccc(COc2ccc(C(O)=C3C(=O)C(=O)N(c4nnc(SCc5ccc(Cl)cc5)s4)C3c3cccnc3)cc2)c1. The first-order valence-corrected chi connectivity index (χ1v) is 15.8. The number of hydrogen-bond acceptors (Lipinski definition) is 9. The van der Waals surface area contributed by atoms with E-state index in [2.05, 4.69) is 21.2 Å². The van der Waals surface area contributed by atoms with Gasteiger partial charge in [-0.1, -0.05) is 82.7 Å². The van der Waals surface area contributed by atoms with Crippen molar-refractivity contribution in [3.8, 4) is 5.75 Å². The van der Waals surface area contributed by atoms with Crippen molar-refractivity contribution in [2.45, 2.75) is 29.7 Å². The van der Waals surface area contributed by atoms with Crippen LogP contribution in [-0.4, -0.2) is 32.0 Å². The third-order valence-corrected chi connectivity index (χ3v) is 9.32. The van der Waals surface area contributed by atoms with Gasteiger partial charge in [-0.05, 0) is 66.1 Å². The molecule has 0 spiro atoms. The van der Waals surface area contributed by atoms with Crippen LogP contribution in [0.15, 0.2) is 107 Å². The number of carbonyl (C=O) groups is 2. The Hall–Kier alpha value is -4.51. The summed E-state index contributed by atoms with van der Waals surface area (Å²) in [4.78, 5) is 32.4. The molecule has 1 saturated heterocycles. The Kier molecular flexibility index (Phi) is 8.74. The molecule has 0 aliphatic carbocycles. The third kappa shape index (κ3) is 6.37. The molecule has 220 valence electrons. The van der Waals surface area contributed by atoms with Crippen LogP contribution in [0, 0.1) is 6.92 Å². The number of pyridine rings is 1. The van der Waals surface area contributed by atoms with Crippen molar-refractivity contribution in [1.29, 1.82) is 0 Å². The number of aryl methyl sites for hydroxylation is 1. The molecule has 3 aromatic carbocycles. The number of hydrogen-bond donors (Lipinski definition) is 1. The van der Waals surface area contributed by atoms with Crippen LogP contribution >= 0.6 is 34.7 Å². The van der Waals surface area contributed by atoms with Crippen molar-refractivity contribution in [3.63, 3.8) is 0 Å². The number of aromatic nitrogens is 3. The lowest BCUT2D eigenvalue weighted by atomic mass is 9.96. The highest BCUT2D eigenvalue weighted by molar-refractivity contribution is 8.00. The zero-order chi connectivity index (χ0) is 30.6. The lowest BCUT2D eigenvalue weighted by Crippen LogP contribution is -2.29. The van der Waals surface area contributed by atoms with Gasteiger partial charge >= 0.3 is 5.91 Å². The van der Waals surface area contributed by atoms with Crippen LogP contribution in [0.4, 0.5) is 5.13 Å². The van der Waals surface area contributed by atoms with E-state index >= 15 is 0 Å². The maximum atomic E-state index is 13.5. The number of carbonyl (C=O) groups excluding carboxylic acids is 2. The topological polar surface area (TPSA) is 106 Å². The molecule has 44 heavy (non-hydrogen) atoms. The summed E-state index contributed by atoms with van der Waals surface area (Å²) < 4.78 is 6.54. The van der Waals surface area contributed by atoms with Crippen LogP contribution in [0.3, 0.4) is 0 Å². The summed E-state index contributed by atoms with van der Waals surface area (Å²) >= 11 is 8.65. The van der Waals surface area contributed by atoms with E-state index in [1.807, 2.05) is 49.4 Å². The largest absolute Gasteiger partial charge is 0.507 e. The van der Waals surface area contributed by atoms with Gasteiger partial charge in [0.2, 0.25) is 5.13 Å². The van der Waals surface area contributed by atoms with E-state index in [-0.39, 0.29) is 16.5 Å². The zero-order valence-corrected chi connectivity index (χ0v) is 25.8. The second-order valence-electron chi connectivity index (χ2n) is 10.0. The van der Waals surface area contributed by atoms with Crippen molar-refractivity contribution < 1.29 is 19.4 Å². The maximum absolute atomic E-state index is 13.5. The molecule has 1 N–H and O–H groups in total. The predicted molar refractivity (Wildman–Crippen MR) is 172 cm³/mol. The standard InChI is InChI=1S/C33H25ClN4O4S2/c1-20-4-2-5-22(16-20)18-42-26-13-9-23(10-14-26)29(39)27-28(24-6-3-15-35-17-24)38(31(41)30(27)40)32-36-37-33(44-32)43-19-21-7-11-25(34)12-8-21/h2-17,28,39H,18-19H2,1H3. The number of aliphatic hydroxyl groups is 1. The van der Waals surface area contributed by atoms with Gasteiger partial charge in [-0.3, -0.25) is 19.5 Å². The van der Waals surface area contributed by atoms with Gasteiger partial charge in [-0.15, -0.1) is 10.2 Å². The van der Waals surface area contributed by atoms with Gasteiger partial charge in [0.25, 0.3) is 5.78 Å². The van der Waals surface area contributed by atoms with E-state index in [1.165, 1.54) is 28.0 Å². The molecule has 5 aromatic rings. The van der Waals surface area contributed by atoms with Crippen LogP contribution in [0.5, 0.6) is 5.75 Å². The number of ketones is 1. The van der Waals surface area contributed by atoms with E-state index in [0.717, 1.165) is 16.7 Å². The molecule has 1 unspecified atom stereocenters. The number of thioether (sulfide) groups is 1. The molecule has 1 atom stereocenters. The molecule has 0 bridgehead atoms. The molecule has 0 saturated carbocycles. The predicted octanol–water partition coefficient (Wildman–Crippen LogP) is 7.39. The number of Topliss-reactive ketones (excluding diaryl/α,β-unsaturated/α-hetero) is 1. The Bertz CT molecular complexity index is 1840. The number of aliphatic hydroxyl groups excluding tert-OH is 1. The molecule has 0 radical (unpaired) electrons. The third-order valence-electron chi connectivity index (χ3n) is 6.94. The normalized spacial score (nSPS) is 16.0. The molecule has 1 fully saturated rings. The monoisotopic (exact) mass is 640 g/mol. The lowest BCUT2D eigenvalue weighted by Gasteiger charge is -2.22. The zero-order valence-electron chi connectivity index (χ0n) is 23.4. The fourth-order valence-electron chi connectivity index (χ4n) is 4.80. The van der Waals surface area contributed by atoms with Gasteiger partial charge in [-0.2, -0.15) is 0 Å². The first-order chi connectivity index (χ1) is 21.4. The number of amides is 1. The van der Waals surface area contributed by atoms with Crippen LogP contribution in [0.25, 0.3) is 5.76 Å². The van der Waals surface area contributed by atoms with Crippen LogP contribution in [0.1, 0.15) is 33.9 Å². The number of nitrogens with zero attached hydrogens (tertiary/aromatic N) is 4. The maximum Gasteiger partial charge on any atom is 0.301 e. The highest BCUT2D eigenvalue weighted by Crippen LogP contribution is 2.44. The number of ether oxygens (including phenoxy) is 1. The smallest absolute Gasteiger partial charge is 0.301 e. The molecule has 1 amide bonds. The second kappa shape index (κ2) is 13.0. The lowest BCUT2D eigenvalue weighted by molar-refractivity contribution is -0.132. The van der Waals surface area contributed by atoms with Gasteiger partial charge in [0.1, 0.15) is 18.1 Å². The van der Waals surface area contributed by atoms with Gasteiger partial charge in [0.05, 0.1) is 11.6 Å². The van der Waals surface area contributed by atoms with E-state index in [0.29, 0.717) is 38.6 Å². The summed E-state index contributed by atoms with van der Waals surface area (Å²) in [5.74, 6) is -0.691. The minimum Gasteiger partial charge on any atom is -0.507 e. The quantitative estimate of drug-likeness (QED) is 0.0584. The van der Waals surface area contributed by atoms with Crippen LogP contribution in [-0.2, 0) is 21.9 Å². The van der Waals surface area contributed by atoms with Crippen molar-refractivity contribution in [2.75, 3.05) is 4.90 Å². The average Bonchev–Trinajstić information content (AvgIpc) is 3.62. The number of halogens is 1. The van der Waals surface area contributed by atoms with E-state index in [9.17, 15) is 14.7 Å². The van der Waals surface area contributed by atoms with Crippen LogP contribution < -0.4 is 9.64 Å². The fraction of sp³-hybridized carbons (Fsp3) is 0.121. The summed E-state index contributed by atoms with van der Waals surface area (Å²) in [5, 5.41) is 20.9. The minimum absolute atomic E-state index is 0.0537.